The molecule has 1 aliphatic heterocycles. The van der Waals surface area contributed by atoms with Crippen LogP contribution in [0, 0.1) is 5.92 Å². The third-order valence-electron chi connectivity index (χ3n) is 4.57. The van der Waals surface area contributed by atoms with Crippen LogP contribution in [0.5, 0.6) is 5.75 Å². The first-order valence-corrected chi connectivity index (χ1v) is 8.24. The molecule has 4 heteroatoms. The lowest BCUT2D eigenvalue weighted by molar-refractivity contribution is -0.123. The van der Waals surface area contributed by atoms with Crippen LogP contribution in [-0.4, -0.2) is 38.1 Å². The number of carbonyl (C=O) groups excluding carboxylic acids is 1. The summed E-state index contributed by atoms with van der Waals surface area (Å²) in [4.78, 5) is 14.6. The molecule has 4 nitrogen and oxygen atoms in total. The second-order valence-corrected chi connectivity index (χ2v) is 6.25. The van der Waals surface area contributed by atoms with Crippen LogP contribution in [-0.2, 0) is 4.79 Å². The number of amides is 1. The molecule has 0 saturated carbocycles. The molecule has 0 spiro atoms. The molecule has 1 fully saturated rings. The summed E-state index contributed by atoms with van der Waals surface area (Å²) in [7, 11) is 3.81. The Kier molecular flexibility index (Phi) is 6.25. The second-order valence-electron chi connectivity index (χ2n) is 6.25. The molecule has 1 atom stereocenters. The Morgan fingerprint density at radius 3 is 2.50 bits per heavy atom. The number of hydrogen-bond donors (Lipinski definition) is 1. The van der Waals surface area contributed by atoms with Crippen molar-refractivity contribution in [3.05, 3.63) is 29.8 Å². The number of nitrogens with one attached hydrogen (secondary N) is 1. The summed E-state index contributed by atoms with van der Waals surface area (Å²) in [6.07, 6.45) is 3.80. The molecule has 0 aromatic heterocycles. The Balaban J connectivity index is 1.87. The smallest absolute Gasteiger partial charge is 0.220 e. The van der Waals surface area contributed by atoms with Gasteiger partial charge in [-0.1, -0.05) is 19.1 Å². The number of benzene rings is 1. The number of methoxy groups -OCH3 is 1. The van der Waals surface area contributed by atoms with Crippen LogP contribution < -0.4 is 10.1 Å². The predicted octanol–water partition coefficient (Wildman–Crippen LogP) is 2.99. The Morgan fingerprint density at radius 2 is 1.95 bits per heavy atom. The van der Waals surface area contributed by atoms with Gasteiger partial charge < -0.3 is 15.0 Å². The molecule has 0 bridgehead atoms. The van der Waals surface area contributed by atoms with Crippen molar-refractivity contribution >= 4 is 5.91 Å². The minimum Gasteiger partial charge on any atom is -0.497 e. The highest BCUT2D eigenvalue weighted by Gasteiger charge is 2.21. The minimum absolute atomic E-state index is 0.0877. The molecule has 1 N–H and O–H groups in total. The van der Waals surface area contributed by atoms with E-state index in [9.17, 15) is 4.79 Å². The summed E-state index contributed by atoms with van der Waals surface area (Å²) in [5, 5.41) is 3.19. The van der Waals surface area contributed by atoms with Crippen molar-refractivity contribution in [2.24, 2.45) is 5.92 Å². The van der Waals surface area contributed by atoms with E-state index >= 15 is 0 Å². The molecule has 1 amide bonds. The monoisotopic (exact) mass is 304 g/mol. The van der Waals surface area contributed by atoms with E-state index in [-0.39, 0.29) is 11.9 Å². The molecule has 22 heavy (non-hydrogen) atoms. The van der Waals surface area contributed by atoms with Gasteiger partial charge in [-0.25, -0.2) is 0 Å². The number of carbonyl (C=O) groups is 1. The highest BCUT2D eigenvalue weighted by molar-refractivity contribution is 5.76. The first-order valence-electron chi connectivity index (χ1n) is 8.24. The molecule has 1 unspecified atom stereocenters. The van der Waals surface area contributed by atoms with E-state index in [1.165, 1.54) is 0 Å². The van der Waals surface area contributed by atoms with E-state index < -0.39 is 0 Å². The fourth-order valence-electron chi connectivity index (χ4n) is 3.04. The van der Waals surface area contributed by atoms with Crippen molar-refractivity contribution in [1.29, 1.82) is 0 Å². The Labute approximate surface area is 133 Å². The maximum atomic E-state index is 12.3. The average molecular weight is 304 g/mol. The van der Waals surface area contributed by atoms with Gasteiger partial charge in [0.1, 0.15) is 5.75 Å². The van der Waals surface area contributed by atoms with Gasteiger partial charge in [0.25, 0.3) is 0 Å². The van der Waals surface area contributed by atoms with Gasteiger partial charge >= 0.3 is 0 Å². The van der Waals surface area contributed by atoms with Crippen LogP contribution in [0.1, 0.15) is 44.2 Å². The number of nitrogens with zero attached hydrogens (tertiary/aromatic N) is 1. The average Bonchev–Trinajstić information content (AvgIpc) is 2.55. The van der Waals surface area contributed by atoms with Gasteiger partial charge in [-0.05, 0) is 63.0 Å². The summed E-state index contributed by atoms with van der Waals surface area (Å²) in [5.41, 5.74) is 1.14. The van der Waals surface area contributed by atoms with E-state index in [1.807, 2.05) is 24.3 Å². The fourth-order valence-corrected chi connectivity index (χ4v) is 3.04. The lowest BCUT2D eigenvalue weighted by atomic mass is 9.93. The first-order chi connectivity index (χ1) is 10.6. The second kappa shape index (κ2) is 8.18. The quantitative estimate of drug-likeness (QED) is 0.878. The molecule has 1 aliphatic rings. The molecule has 0 radical (unpaired) electrons. The van der Waals surface area contributed by atoms with Crippen molar-refractivity contribution in [1.82, 2.24) is 10.2 Å². The van der Waals surface area contributed by atoms with Crippen molar-refractivity contribution in [2.45, 2.75) is 38.6 Å². The zero-order valence-corrected chi connectivity index (χ0v) is 14.0. The van der Waals surface area contributed by atoms with Crippen molar-refractivity contribution in [3.63, 3.8) is 0 Å². The largest absolute Gasteiger partial charge is 0.497 e. The lowest BCUT2D eigenvalue weighted by Crippen LogP contribution is -2.34. The van der Waals surface area contributed by atoms with Gasteiger partial charge in [0, 0.05) is 6.42 Å². The van der Waals surface area contributed by atoms with Crippen LogP contribution >= 0.6 is 0 Å². The van der Waals surface area contributed by atoms with Crippen LogP contribution in [0.3, 0.4) is 0 Å². The zero-order valence-electron chi connectivity index (χ0n) is 14.0. The lowest BCUT2D eigenvalue weighted by Gasteiger charge is -2.29. The van der Waals surface area contributed by atoms with Crippen molar-refractivity contribution in [3.8, 4) is 5.75 Å². The zero-order chi connectivity index (χ0) is 15.9. The fraction of sp³-hybridized carbons (Fsp3) is 0.611. The molecular formula is C18H28N2O2. The van der Waals surface area contributed by atoms with Gasteiger partial charge in [-0.2, -0.15) is 0 Å². The minimum atomic E-state index is 0.0877. The van der Waals surface area contributed by atoms with E-state index in [0.717, 1.165) is 43.7 Å². The summed E-state index contributed by atoms with van der Waals surface area (Å²) in [6, 6.07) is 8.04. The Morgan fingerprint density at radius 1 is 1.32 bits per heavy atom. The van der Waals surface area contributed by atoms with Crippen molar-refractivity contribution in [2.75, 3.05) is 27.2 Å². The summed E-state index contributed by atoms with van der Waals surface area (Å²) in [5.74, 6) is 1.55. The van der Waals surface area contributed by atoms with E-state index in [4.69, 9.17) is 4.74 Å². The Bertz CT molecular complexity index is 464. The standard InChI is InChI=1S/C18H28N2O2/c1-4-17(15-5-7-16(22-3)8-6-15)19-18(21)13-14-9-11-20(2)12-10-14/h5-8,14,17H,4,9-13H2,1-3H3,(H,19,21). The SMILES string of the molecule is CCC(NC(=O)CC1CCN(C)CC1)c1ccc(OC)cc1. The molecule has 0 aliphatic carbocycles. The normalized spacial score (nSPS) is 18.0. The highest BCUT2D eigenvalue weighted by Crippen LogP contribution is 2.22. The van der Waals surface area contributed by atoms with E-state index in [2.05, 4.69) is 24.2 Å². The maximum Gasteiger partial charge on any atom is 0.220 e. The first kappa shape index (κ1) is 16.8. The summed E-state index contributed by atoms with van der Waals surface area (Å²) >= 11 is 0. The Hall–Kier alpha value is -1.55. The number of hydrogen-bond acceptors (Lipinski definition) is 3. The van der Waals surface area contributed by atoms with Crippen LogP contribution in [0.2, 0.25) is 0 Å². The van der Waals surface area contributed by atoms with Crippen LogP contribution in [0.4, 0.5) is 0 Å². The number of likely N-dealkylation sites (tertiary alicyclic amines) is 1. The van der Waals surface area contributed by atoms with Crippen molar-refractivity contribution < 1.29 is 9.53 Å². The number of piperidine rings is 1. The molecule has 2 rings (SSSR count). The predicted molar refractivity (Wildman–Crippen MR) is 89.0 cm³/mol. The molecule has 1 aromatic carbocycles. The van der Waals surface area contributed by atoms with E-state index in [1.54, 1.807) is 7.11 Å². The summed E-state index contributed by atoms with van der Waals surface area (Å²) < 4.78 is 5.18. The molecule has 122 valence electrons. The number of rotatable bonds is 6. The third-order valence-corrected chi connectivity index (χ3v) is 4.57. The van der Waals surface area contributed by atoms with Gasteiger partial charge in [-0.3, -0.25) is 4.79 Å². The number of ether oxygens (including phenoxy) is 1. The van der Waals surface area contributed by atoms with E-state index in [0.29, 0.717) is 12.3 Å². The molecule has 1 heterocycles. The third kappa shape index (κ3) is 4.73. The molecular weight excluding hydrogens is 276 g/mol. The molecule has 1 aromatic rings. The summed E-state index contributed by atoms with van der Waals surface area (Å²) in [6.45, 7) is 4.31. The van der Waals surface area contributed by atoms with Gasteiger partial charge in [0.2, 0.25) is 5.91 Å². The van der Waals surface area contributed by atoms with Gasteiger partial charge in [0.05, 0.1) is 13.2 Å². The van der Waals surface area contributed by atoms with Crippen LogP contribution in [0.25, 0.3) is 0 Å². The van der Waals surface area contributed by atoms with Gasteiger partial charge in [0.15, 0.2) is 0 Å². The molecule has 1 saturated heterocycles. The maximum absolute atomic E-state index is 12.3. The van der Waals surface area contributed by atoms with Gasteiger partial charge in [-0.15, -0.1) is 0 Å². The topological polar surface area (TPSA) is 41.6 Å². The highest BCUT2D eigenvalue weighted by atomic mass is 16.5. The van der Waals surface area contributed by atoms with Crippen LogP contribution in [0.15, 0.2) is 24.3 Å².